The summed E-state index contributed by atoms with van der Waals surface area (Å²) in [6, 6.07) is 17.0. The quantitative estimate of drug-likeness (QED) is 0.413. The van der Waals surface area contributed by atoms with Gasteiger partial charge in [-0.05, 0) is 42.0 Å². The van der Waals surface area contributed by atoms with Gasteiger partial charge in [-0.1, -0.05) is 29.5 Å². The summed E-state index contributed by atoms with van der Waals surface area (Å²) in [5.74, 6) is -0.00719. The molecule has 0 radical (unpaired) electrons. The Hall–Kier alpha value is -4.60. The van der Waals surface area contributed by atoms with Crippen LogP contribution >= 0.6 is 0 Å². The van der Waals surface area contributed by atoms with E-state index < -0.39 is 5.69 Å². The van der Waals surface area contributed by atoms with Crippen LogP contribution in [0.25, 0.3) is 22.3 Å². The minimum absolute atomic E-state index is 0.106. The number of benzene rings is 2. The lowest BCUT2D eigenvalue weighted by Gasteiger charge is -2.10. The Bertz CT molecular complexity index is 1480. The smallest absolute Gasteiger partial charge is 0.384 e. The van der Waals surface area contributed by atoms with Crippen molar-refractivity contribution in [3.63, 3.8) is 0 Å². The molecule has 0 saturated carbocycles. The lowest BCUT2D eigenvalue weighted by molar-refractivity contribution is 0.182. The Morgan fingerprint density at radius 2 is 1.91 bits per heavy atom. The van der Waals surface area contributed by atoms with Crippen LogP contribution in [0.5, 0.6) is 0 Å². The second kappa shape index (κ2) is 7.91. The van der Waals surface area contributed by atoms with Gasteiger partial charge in [0, 0.05) is 17.4 Å². The van der Waals surface area contributed by atoms with Crippen molar-refractivity contribution in [1.82, 2.24) is 29.7 Å². The number of hydrogen-bond donors (Lipinski definition) is 2. The number of anilines is 2. The van der Waals surface area contributed by atoms with E-state index in [4.69, 9.17) is 0 Å². The Morgan fingerprint density at radius 3 is 2.75 bits per heavy atom. The van der Waals surface area contributed by atoms with E-state index in [1.807, 2.05) is 24.3 Å². The SMILES string of the molecule is O=c1nc(Nc2cccc(-c3cn(Cc4ccc(F)cc4)nn3)c2)c2cccnc2n1O. The summed E-state index contributed by atoms with van der Waals surface area (Å²) in [6.07, 6.45) is 3.28. The van der Waals surface area contributed by atoms with Crippen molar-refractivity contribution < 1.29 is 9.60 Å². The van der Waals surface area contributed by atoms with E-state index in [0.29, 0.717) is 28.0 Å². The van der Waals surface area contributed by atoms with E-state index in [1.165, 1.54) is 18.3 Å². The molecule has 0 aliphatic heterocycles. The molecule has 2 aromatic carbocycles. The normalized spacial score (nSPS) is 11.0. The third-order valence-electron chi connectivity index (χ3n) is 4.85. The summed E-state index contributed by atoms with van der Waals surface area (Å²) < 4.78 is 15.2. The molecule has 0 bridgehead atoms. The first-order valence-electron chi connectivity index (χ1n) is 9.66. The van der Waals surface area contributed by atoms with Crippen LogP contribution in [0, 0.1) is 5.82 Å². The fraction of sp³-hybridized carbons (Fsp3) is 0.0455. The highest BCUT2D eigenvalue weighted by molar-refractivity contribution is 5.88. The van der Waals surface area contributed by atoms with Crippen molar-refractivity contribution >= 4 is 22.5 Å². The molecular formula is C22H16FN7O2. The average Bonchev–Trinajstić information content (AvgIpc) is 3.28. The molecule has 3 aromatic heterocycles. The molecule has 3 heterocycles. The molecule has 5 aromatic rings. The number of nitrogens with zero attached hydrogens (tertiary/aromatic N) is 6. The van der Waals surface area contributed by atoms with E-state index in [0.717, 1.165) is 11.1 Å². The lowest BCUT2D eigenvalue weighted by atomic mass is 10.1. The van der Waals surface area contributed by atoms with Gasteiger partial charge >= 0.3 is 5.69 Å². The van der Waals surface area contributed by atoms with Gasteiger partial charge in [0.25, 0.3) is 0 Å². The molecule has 0 aliphatic carbocycles. The Balaban J connectivity index is 1.42. The van der Waals surface area contributed by atoms with E-state index in [9.17, 15) is 14.4 Å². The van der Waals surface area contributed by atoms with E-state index in [1.54, 1.807) is 35.1 Å². The molecule has 9 nitrogen and oxygen atoms in total. The molecule has 158 valence electrons. The summed E-state index contributed by atoms with van der Waals surface area (Å²) in [7, 11) is 0. The van der Waals surface area contributed by atoms with Crippen LogP contribution in [0.4, 0.5) is 15.9 Å². The standard InChI is InChI=1S/C22H16FN7O2/c23-16-8-6-14(7-9-16)12-29-13-19(27-28-29)15-3-1-4-17(11-15)25-20-18-5-2-10-24-21(18)30(32)22(31)26-20/h1-11,13,32H,12H2,(H,25,26,31). The minimum Gasteiger partial charge on any atom is -0.422 e. The zero-order chi connectivity index (χ0) is 22.1. The maximum Gasteiger partial charge on any atom is 0.384 e. The highest BCUT2D eigenvalue weighted by Gasteiger charge is 2.12. The Morgan fingerprint density at radius 1 is 1.06 bits per heavy atom. The van der Waals surface area contributed by atoms with Crippen molar-refractivity contribution in [2.24, 2.45) is 0 Å². The van der Waals surface area contributed by atoms with Gasteiger partial charge in [0.05, 0.1) is 18.1 Å². The zero-order valence-corrected chi connectivity index (χ0v) is 16.6. The van der Waals surface area contributed by atoms with Crippen LogP contribution in [0.3, 0.4) is 0 Å². The molecule has 0 unspecified atom stereocenters. The summed E-state index contributed by atoms with van der Waals surface area (Å²) in [5.41, 5.74) is 2.31. The van der Waals surface area contributed by atoms with Crippen molar-refractivity contribution in [3.05, 3.63) is 94.9 Å². The maximum atomic E-state index is 13.1. The predicted molar refractivity (Wildman–Crippen MR) is 115 cm³/mol. The predicted octanol–water partition coefficient (Wildman–Crippen LogP) is 3.22. The summed E-state index contributed by atoms with van der Waals surface area (Å²) in [4.78, 5) is 19.9. The monoisotopic (exact) mass is 429 g/mol. The third kappa shape index (κ3) is 3.76. The van der Waals surface area contributed by atoms with Gasteiger partial charge in [0.2, 0.25) is 0 Å². The van der Waals surface area contributed by atoms with Crippen molar-refractivity contribution in [2.75, 3.05) is 5.32 Å². The van der Waals surface area contributed by atoms with Crippen LogP contribution in [0.15, 0.2) is 77.9 Å². The zero-order valence-electron chi connectivity index (χ0n) is 16.6. The summed E-state index contributed by atoms with van der Waals surface area (Å²) >= 11 is 0. The number of fused-ring (bicyclic) bond motifs is 1. The third-order valence-corrected chi connectivity index (χ3v) is 4.85. The van der Waals surface area contributed by atoms with Crippen LogP contribution in [-0.2, 0) is 6.54 Å². The van der Waals surface area contributed by atoms with Gasteiger partial charge in [-0.3, -0.25) is 0 Å². The van der Waals surface area contributed by atoms with E-state index >= 15 is 0 Å². The van der Waals surface area contributed by atoms with Crippen molar-refractivity contribution in [3.8, 4) is 11.3 Å². The number of halogens is 1. The number of nitrogens with one attached hydrogen (secondary N) is 1. The van der Waals surface area contributed by atoms with Crippen molar-refractivity contribution in [2.45, 2.75) is 6.54 Å². The number of hydrogen-bond acceptors (Lipinski definition) is 7. The van der Waals surface area contributed by atoms with Crippen LogP contribution in [-0.4, -0.2) is 34.9 Å². The molecule has 0 atom stereocenters. The topological polar surface area (TPSA) is 111 Å². The van der Waals surface area contributed by atoms with Crippen molar-refractivity contribution in [1.29, 1.82) is 0 Å². The highest BCUT2D eigenvalue weighted by Crippen LogP contribution is 2.25. The molecule has 0 saturated heterocycles. The largest absolute Gasteiger partial charge is 0.422 e. The second-order valence-corrected chi connectivity index (χ2v) is 7.06. The Kier molecular flexibility index (Phi) is 4.79. The summed E-state index contributed by atoms with van der Waals surface area (Å²) in [6.45, 7) is 0.464. The lowest BCUT2D eigenvalue weighted by Crippen LogP contribution is -2.23. The van der Waals surface area contributed by atoms with Crippen LogP contribution in [0.1, 0.15) is 5.56 Å². The van der Waals surface area contributed by atoms with Gasteiger partial charge in [-0.25, -0.2) is 18.9 Å². The second-order valence-electron chi connectivity index (χ2n) is 7.06. The maximum absolute atomic E-state index is 13.1. The number of rotatable bonds is 5. The number of pyridine rings is 1. The van der Waals surface area contributed by atoms with Gasteiger partial charge < -0.3 is 10.5 Å². The highest BCUT2D eigenvalue weighted by atomic mass is 19.1. The molecular weight excluding hydrogens is 413 g/mol. The fourth-order valence-electron chi connectivity index (χ4n) is 3.32. The molecule has 32 heavy (non-hydrogen) atoms. The first-order valence-corrected chi connectivity index (χ1v) is 9.66. The first kappa shape index (κ1) is 19.4. The fourth-order valence-corrected chi connectivity index (χ4v) is 3.32. The van der Waals surface area contributed by atoms with Gasteiger partial charge in [-0.2, -0.15) is 4.98 Å². The van der Waals surface area contributed by atoms with Crippen LogP contribution in [0.2, 0.25) is 0 Å². The molecule has 0 amide bonds. The van der Waals surface area contributed by atoms with Crippen LogP contribution < -0.4 is 11.0 Å². The molecule has 5 rings (SSSR count). The van der Waals surface area contributed by atoms with E-state index in [2.05, 4.69) is 25.6 Å². The molecule has 0 spiro atoms. The molecule has 10 heteroatoms. The molecule has 0 aliphatic rings. The first-order chi connectivity index (χ1) is 15.6. The van der Waals surface area contributed by atoms with Gasteiger partial charge in [-0.15, -0.1) is 9.83 Å². The average molecular weight is 429 g/mol. The Labute approximate surface area is 180 Å². The molecule has 0 fully saturated rings. The minimum atomic E-state index is -0.835. The summed E-state index contributed by atoms with van der Waals surface area (Å²) in [5, 5.41) is 21.8. The molecule has 2 N–H and O–H groups in total. The van der Waals surface area contributed by atoms with Gasteiger partial charge in [0.1, 0.15) is 17.3 Å². The van der Waals surface area contributed by atoms with Gasteiger partial charge in [0.15, 0.2) is 5.65 Å². The number of aromatic nitrogens is 6. The van der Waals surface area contributed by atoms with E-state index in [-0.39, 0.29) is 17.3 Å².